The Hall–Kier alpha value is -2.38. The van der Waals surface area contributed by atoms with E-state index in [1.165, 1.54) is 30.6 Å². The van der Waals surface area contributed by atoms with E-state index in [0.717, 1.165) is 9.47 Å². The molecule has 2 rings (SSSR count). The van der Waals surface area contributed by atoms with E-state index in [9.17, 15) is 19.2 Å². The number of carbonyl (C=O) groups excluding carboxylic acids is 2. The summed E-state index contributed by atoms with van der Waals surface area (Å²) in [7, 11) is 5.93. The Morgan fingerprint density at radius 2 is 1.38 bits per heavy atom. The Labute approximate surface area is 141 Å². The Balaban J connectivity index is 0.00000139. The number of nitrogens with zero attached hydrogens (tertiary/aromatic N) is 4. The number of rotatable bonds is 1. The molecule has 1 aliphatic heterocycles. The molecule has 8 nitrogen and oxygen atoms in total. The highest BCUT2D eigenvalue weighted by atomic mass is 16.2. The zero-order chi connectivity index (χ0) is 18.9. The fraction of sp³-hybridized carbons (Fsp3) is 0.625. The summed E-state index contributed by atoms with van der Waals surface area (Å²) in [4.78, 5) is 51.2. The average Bonchev–Trinajstić information content (AvgIpc) is 2.59. The zero-order valence-corrected chi connectivity index (χ0v) is 15.6. The van der Waals surface area contributed by atoms with E-state index < -0.39 is 29.2 Å². The van der Waals surface area contributed by atoms with Gasteiger partial charge >= 0.3 is 11.7 Å². The third-order valence-electron chi connectivity index (χ3n) is 4.42. The van der Waals surface area contributed by atoms with Crippen LogP contribution in [0, 0.1) is 12.8 Å². The van der Waals surface area contributed by atoms with Crippen LogP contribution in [-0.4, -0.2) is 45.0 Å². The molecule has 0 spiro atoms. The topological polar surface area (TPSA) is 84.6 Å². The second kappa shape index (κ2) is 7.02. The maximum Gasteiger partial charge on any atom is 0.330 e. The van der Waals surface area contributed by atoms with Crippen molar-refractivity contribution < 1.29 is 9.59 Å². The van der Waals surface area contributed by atoms with Crippen molar-refractivity contribution in [3.63, 3.8) is 0 Å². The summed E-state index contributed by atoms with van der Waals surface area (Å²) in [5.41, 5.74) is -0.140. The smallest absolute Gasteiger partial charge is 0.318 e. The molecular formula is C16H26N4O4. The fourth-order valence-electron chi connectivity index (χ4n) is 3.09. The van der Waals surface area contributed by atoms with Gasteiger partial charge in [0, 0.05) is 33.8 Å². The van der Waals surface area contributed by atoms with Crippen LogP contribution in [-0.2, 0) is 18.9 Å². The molecule has 2 atom stereocenters. The summed E-state index contributed by atoms with van der Waals surface area (Å²) in [6, 6.07) is -1.11. The molecule has 3 amide bonds. The first-order valence-corrected chi connectivity index (χ1v) is 7.92. The van der Waals surface area contributed by atoms with Crippen molar-refractivity contribution in [2.24, 2.45) is 20.0 Å². The molecule has 0 N–H and O–H groups in total. The van der Waals surface area contributed by atoms with Gasteiger partial charge in [-0.3, -0.25) is 23.6 Å². The normalized spacial score (nSPS) is 20.8. The van der Waals surface area contributed by atoms with Crippen molar-refractivity contribution >= 4 is 11.9 Å². The lowest BCUT2D eigenvalue weighted by molar-refractivity contribution is -0.136. The first-order chi connectivity index (χ1) is 11.1. The molecule has 2 heterocycles. The Bertz CT molecular complexity index is 718. The van der Waals surface area contributed by atoms with Crippen LogP contribution in [0.4, 0.5) is 4.79 Å². The van der Waals surface area contributed by atoms with E-state index in [-0.39, 0.29) is 5.91 Å². The molecule has 0 saturated carbocycles. The van der Waals surface area contributed by atoms with E-state index in [1.54, 1.807) is 20.9 Å². The van der Waals surface area contributed by atoms with Crippen molar-refractivity contribution in [1.82, 2.24) is 18.9 Å². The first-order valence-electron chi connectivity index (χ1n) is 7.92. The lowest BCUT2D eigenvalue weighted by atomic mass is 9.91. The number of aromatic nitrogens is 2. The van der Waals surface area contributed by atoms with Gasteiger partial charge in [-0.1, -0.05) is 20.8 Å². The first kappa shape index (κ1) is 19.7. The summed E-state index contributed by atoms with van der Waals surface area (Å²) in [5.74, 6) is -0.885. The fourth-order valence-corrected chi connectivity index (χ4v) is 3.09. The van der Waals surface area contributed by atoms with Gasteiger partial charge in [0.15, 0.2) is 0 Å². The number of hydrogen-bond donors (Lipinski definition) is 0. The molecule has 1 saturated heterocycles. The standard InChI is InChI=1S/C14H20N4O4.C2H6/c1-7-9(15(3)13(21)17(5)11(7)19)10-8(2)12(20)18(6)14(22)16(10)4;1-2/h7,9H,1-6H3;1-2H3/t7-,9-;/m0./s1. The van der Waals surface area contributed by atoms with E-state index >= 15 is 0 Å². The molecule has 0 unspecified atom stereocenters. The van der Waals surface area contributed by atoms with Gasteiger partial charge in [-0.05, 0) is 6.92 Å². The molecule has 0 radical (unpaired) electrons. The molecular weight excluding hydrogens is 312 g/mol. The molecule has 1 aromatic heterocycles. The minimum absolute atomic E-state index is 0.333. The molecule has 1 aromatic rings. The van der Waals surface area contributed by atoms with Crippen LogP contribution < -0.4 is 11.2 Å². The summed E-state index contributed by atoms with van der Waals surface area (Å²) >= 11 is 0. The number of amides is 3. The molecule has 1 aliphatic rings. The van der Waals surface area contributed by atoms with Gasteiger partial charge in [0.2, 0.25) is 5.91 Å². The van der Waals surface area contributed by atoms with E-state index in [2.05, 4.69) is 0 Å². The van der Waals surface area contributed by atoms with Crippen molar-refractivity contribution in [2.75, 3.05) is 14.1 Å². The molecule has 24 heavy (non-hydrogen) atoms. The average molecular weight is 338 g/mol. The Kier molecular flexibility index (Phi) is 5.75. The van der Waals surface area contributed by atoms with Gasteiger partial charge in [0.25, 0.3) is 5.56 Å². The quantitative estimate of drug-likeness (QED) is 0.751. The van der Waals surface area contributed by atoms with E-state index in [1.807, 2.05) is 13.8 Å². The lowest BCUT2D eigenvalue weighted by Crippen LogP contribution is -2.56. The van der Waals surface area contributed by atoms with E-state index in [4.69, 9.17) is 0 Å². The van der Waals surface area contributed by atoms with Crippen LogP contribution in [0.1, 0.15) is 38.1 Å². The van der Waals surface area contributed by atoms with Crippen molar-refractivity contribution in [2.45, 2.75) is 33.7 Å². The van der Waals surface area contributed by atoms with Crippen LogP contribution in [0.5, 0.6) is 0 Å². The number of imide groups is 1. The Morgan fingerprint density at radius 3 is 1.88 bits per heavy atom. The molecule has 8 heteroatoms. The number of urea groups is 1. The zero-order valence-electron chi connectivity index (χ0n) is 15.6. The van der Waals surface area contributed by atoms with Gasteiger partial charge in [0.05, 0.1) is 17.7 Å². The van der Waals surface area contributed by atoms with Gasteiger partial charge < -0.3 is 4.90 Å². The second-order valence-corrected chi connectivity index (χ2v) is 5.74. The van der Waals surface area contributed by atoms with Gasteiger partial charge in [-0.15, -0.1) is 0 Å². The maximum atomic E-state index is 12.2. The SMILES string of the molecule is CC.Cc1c([C@@H]2[C@H](C)C(=O)N(C)C(=O)N2C)n(C)c(=O)n(C)c1=O. The summed E-state index contributed by atoms with van der Waals surface area (Å²) in [6.45, 7) is 7.29. The highest BCUT2D eigenvalue weighted by Gasteiger charge is 2.43. The van der Waals surface area contributed by atoms with Gasteiger partial charge in [-0.2, -0.15) is 0 Å². The van der Waals surface area contributed by atoms with Crippen LogP contribution in [0.25, 0.3) is 0 Å². The monoisotopic (exact) mass is 338 g/mol. The summed E-state index contributed by atoms with van der Waals surface area (Å²) in [5, 5.41) is 0. The summed E-state index contributed by atoms with van der Waals surface area (Å²) < 4.78 is 2.35. The third-order valence-corrected chi connectivity index (χ3v) is 4.42. The highest BCUT2D eigenvalue weighted by molar-refractivity contribution is 5.98. The number of carbonyl (C=O) groups is 2. The molecule has 0 bridgehead atoms. The lowest BCUT2D eigenvalue weighted by Gasteiger charge is -2.41. The predicted octanol–water partition coefficient (Wildman–Crippen LogP) is 0.620. The summed E-state index contributed by atoms with van der Waals surface area (Å²) in [6.07, 6.45) is 0. The highest BCUT2D eigenvalue weighted by Crippen LogP contribution is 2.33. The maximum absolute atomic E-state index is 12.2. The van der Waals surface area contributed by atoms with Crippen molar-refractivity contribution in [3.8, 4) is 0 Å². The third kappa shape index (κ3) is 2.76. The minimum atomic E-state index is -0.650. The van der Waals surface area contributed by atoms with Crippen LogP contribution in [0.3, 0.4) is 0 Å². The molecule has 134 valence electrons. The molecule has 1 fully saturated rings. The van der Waals surface area contributed by atoms with Gasteiger partial charge in [0.1, 0.15) is 0 Å². The van der Waals surface area contributed by atoms with Crippen LogP contribution in [0.2, 0.25) is 0 Å². The van der Waals surface area contributed by atoms with Crippen LogP contribution in [0.15, 0.2) is 9.59 Å². The van der Waals surface area contributed by atoms with E-state index in [0.29, 0.717) is 11.3 Å². The Morgan fingerprint density at radius 1 is 0.875 bits per heavy atom. The van der Waals surface area contributed by atoms with Crippen molar-refractivity contribution in [3.05, 3.63) is 32.1 Å². The minimum Gasteiger partial charge on any atom is -0.318 e. The largest absolute Gasteiger partial charge is 0.330 e. The van der Waals surface area contributed by atoms with Crippen molar-refractivity contribution in [1.29, 1.82) is 0 Å². The molecule has 0 aliphatic carbocycles. The van der Waals surface area contributed by atoms with Gasteiger partial charge in [-0.25, -0.2) is 9.59 Å². The number of hydrogen-bond acceptors (Lipinski definition) is 4. The second-order valence-electron chi connectivity index (χ2n) is 5.74. The predicted molar refractivity (Wildman–Crippen MR) is 90.8 cm³/mol. The molecule has 0 aromatic carbocycles. The van der Waals surface area contributed by atoms with Crippen LogP contribution >= 0.6 is 0 Å².